The van der Waals surface area contributed by atoms with Crippen molar-refractivity contribution in [2.24, 2.45) is 5.92 Å². The second-order valence-corrected chi connectivity index (χ2v) is 6.55. The van der Waals surface area contributed by atoms with Gasteiger partial charge in [0.1, 0.15) is 0 Å². The molecule has 5 heteroatoms. The van der Waals surface area contributed by atoms with Gasteiger partial charge in [-0.2, -0.15) is 5.26 Å². The zero-order valence-electron chi connectivity index (χ0n) is 9.85. The minimum absolute atomic E-state index is 0.200. The molecule has 0 bridgehead atoms. The van der Waals surface area contributed by atoms with Crippen molar-refractivity contribution in [1.29, 1.82) is 5.26 Å². The highest BCUT2D eigenvalue weighted by atomic mass is 32.2. The topological polar surface area (TPSA) is 61.2 Å². The van der Waals surface area contributed by atoms with E-state index in [1.54, 1.807) is 11.2 Å². The number of unbranched alkanes of at least 4 members (excludes halogenated alkanes) is 1. The molecule has 0 saturated carbocycles. The van der Waals surface area contributed by atoms with Gasteiger partial charge in [-0.1, -0.05) is 0 Å². The summed E-state index contributed by atoms with van der Waals surface area (Å²) in [7, 11) is -2.99. The molecule has 4 nitrogen and oxygen atoms in total. The van der Waals surface area contributed by atoms with Crippen LogP contribution in [0.3, 0.4) is 0 Å². The van der Waals surface area contributed by atoms with Gasteiger partial charge in [0.05, 0.1) is 11.8 Å². The molecule has 0 aromatic rings. The molecule has 0 aromatic heterocycles. The van der Waals surface area contributed by atoms with Gasteiger partial charge >= 0.3 is 0 Å². The molecule has 1 heterocycles. The van der Waals surface area contributed by atoms with Crippen LogP contribution in [0.1, 0.15) is 39.0 Å². The average Bonchev–Trinajstić information content (AvgIpc) is 2.30. The first kappa shape index (κ1) is 13.5. The van der Waals surface area contributed by atoms with E-state index in [0.717, 1.165) is 25.7 Å². The van der Waals surface area contributed by atoms with Crippen LogP contribution in [0, 0.1) is 17.2 Å². The van der Waals surface area contributed by atoms with Crippen molar-refractivity contribution in [2.75, 3.05) is 18.8 Å². The van der Waals surface area contributed by atoms with E-state index < -0.39 is 10.0 Å². The summed E-state index contributed by atoms with van der Waals surface area (Å²) in [5.74, 6) is 0.809. The minimum Gasteiger partial charge on any atom is -0.212 e. The number of hydrogen-bond acceptors (Lipinski definition) is 3. The van der Waals surface area contributed by atoms with Gasteiger partial charge in [-0.25, -0.2) is 12.7 Å². The van der Waals surface area contributed by atoms with Gasteiger partial charge in [0, 0.05) is 19.5 Å². The second kappa shape index (κ2) is 6.21. The predicted octanol–water partition coefficient (Wildman–Crippen LogP) is 1.74. The van der Waals surface area contributed by atoms with Gasteiger partial charge < -0.3 is 0 Å². The van der Waals surface area contributed by atoms with Crippen LogP contribution in [-0.4, -0.2) is 31.6 Å². The van der Waals surface area contributed by atoms with E-state index in [1.807, 2.05) is 0 Å². The Labute approximate surface area is 98.3 Å². The van der Waals surface area contributed by atoms with Gasteiger partial charge in [0.15, 0.2) is 0 Å². The number of sulfonamides is 1. The Morgan fingerprint density at radius 3 is 2.50 bits per heavy atom. The molecule has 0 radical (unpaired) electrons. The standard InChI is InChI=1S/C11H20N2O2S/c1-2-16(14,15)13-9-6-11(7-10-13)5-3-4-8-12/h11H,2-7,9-10H2,1H3. The Kier molecular flexibility index (Phi) is 5.23. The van der Waals surface area contributed by atoms with E-state index in [9.17, 15) is 8.42 Å². The Balaban J connectivity index is 2.32. The molecule has 1 aliphatic heterocycles. The molecule has 1 aliphatic rings. The number of piperidine rings is 1. The smallest absolute Gasteiger partial charge is 0.212 e. The minimum atomic E-state index is -2.99. The molecule has 0 unspecified atom stereocenters. The average molecular weight is 244 g/mol. The SMILES string of the molecule is CCS(=O)(=O)N1CCC(CCCC#N)CC1. The van der Waals surface area contributed by atoms with Crippen molar-refractivity contribution in [1.82, 2.24) is 4.31 Å². The molecular weight excluding hydrogens is 224 g/mol. The summed E-state index contributed by atoms with van der Waals surface area (Å²) < 4.78 is 24.8. The molecule has 0 atom stereocenters. The molecule has 1 fully saturated rings. The zero-order chi connectivity index (χ0) is 12.0. The largest absolute Gasteiger partial charge is 0.213 e. The van der Waals surface area contributed by atoms with Crippen LogP contribution >= 0.6 is 0 Å². The third-order valence-corrected chi connectivity index (χ3v) is 5.11. The molecule has 1 saturated heterocycles. The van der Waals surface area contributed by atoms with Crippen LogP contribution in [0.4, 0.5) is 0 Å². The van der Waals surface area contributed by atoms with Crippen molar-refractivity contribution < 1.29 is 8.42 Å². The lowest BCUT2D eigenvalue weighted by atomic mass is 9.93. The third kappa shape index (κ3) is 3.76. The summed E-state index contributed by atoms with van der Waals surface area (Å²) in [4.78, 5) is 0. The van der Waals surface area contributed by atoms with Gasteiger partial charge in [0.2, 0.25) is 10.0 Å². The zero-order valence-corrected chi connectivity index (χ0v) is 10.7. The molecule has 0 aromatic carbocycles. The van der Waals surface area contributed by atoms with Crippen molar-refractivity contribution in [2.45, 2.75) is 39.0 Å². The van der Waals surface area contributed by atoms with Crippen LogP contribution in [-0.2, 0) is 10.0 Å². The fourth-order valence-electron chi connectivity index (χ4n) is 2.13. The molecular formula is C11H20N2O2S. The maximum Gasteiger partial charge on any atom is 0.213 e. The lowest BCUT2D eigenvalue weighted by molar-refractivity contribution is 0.261. The van der Waals surface area contributed by atoms with E-state index in [-0.39, 0.29) is 5.75 Å². The maximum atomic E-state index is 11.6. The quantitative estimate of drug-likeness (QED) is 0.692. The van der Waals surface area contributed by atoms with Crippen molar-refractivity contribution in [3.63, 3.8) is 0 Å². The summed E-state index contributed by atoms with van der Waals surface area (Å²) >= 11 is 0. The number of rotatable bonds is 5. The highest BCUT2D eigenvalue weighted by molar-refractivity contribution is 7.89. The number of nitrogens with zero attached hydrogens (tertiary/aromatic N) is 2. The van der Waals surface area contributed by atoms with Gasteiger partial charge in [-0.05, 0) is 38.5 Å². The van der Waals surface area contributed by atoms with Crippen molar-refractivity contribution in [3.8, 4) is 6.07 Å². The lowest BCUT2D eigenvalue weighted by Gasteiger charge is -2.30. The summed E-state index contributed by atoms with van der Waals surface area (Å²) in [5.41, 5.74) is 0. The predicted molar refractivity (Wildman–Crippen MR) is 63.2 cm³/mol. The maximum absolute atomic E-state index is 11.6. The highest BCUT2D eigenvalue weighted by Crippen LogP contribution is 2.24. The van der Waals surface area contributed by atoms with E-state index in [4.69, 9.17) is 5.26 Å². The normalized spacial score (nSPS) is 19.5. The Bertz CT molecular complexity index is 337. The fourth-order valence-corrected chi connectivity index (χ4v) is 3.26. The lowest BCUT2D eigenvalue weighted by Crippen LogP contribution is -2.39. The van der Waals surface area contributed by atoms with Crippen LogP contribution in [0.25, 0.3) is 0 Å². The van der Waals surface area contributed by atoms with Crippen LogP contribution in [0.2, 0.25) is 0 Å². The van der Waals surface area contributed by atoms with Crippen LogP contribution in [0.15, 0.2) is 0 Å². The van der Waals surface area contributed by atoms with Gasteiger partial charge in [0.25, 0.3) is 0 Å². The van der Waals surface area contributed by atoms with E-state index >= 15 is 0 Å². The number of nitriles is 1. The Morgan fingerprint density at radius 2 is 2.00 bits per heavy atom. The first-order valence-corrected chi connectivity index (χ1v) is 7.56. The molecule has 92 valence electrons. The van der Waals surface area contributed by atoms with Gasteiger partial charge in [-0.3, -0.25) is 0 Å². The van der Waals surface area contributed by atoms with Crippen molar-refractivity contribution >= 4 is 10.0 Å². The fraction of sp³-hybridized carbons (Fsp3) is 0.909. The van der Waals surface area contributed by atoms with Crippen LogP contribution in [0.5, 0.6) is 0 Å². The van der Waals surface area contributed by atoms with E-state index in [1.165, 1.54) is 0 Å². The van der Waals surface area contributed by atoms with Crippen molar-refractivity contribution in [3.05, 3.63) is 0 Å². The molecule has 0 amide bonds. The Hall–Kier alpha value is -0.600. The third-order valence-electron chi connectivity index (χ3n) is 3.23. The number of hydrogen-bond donors (Lipinski definition) is 0. The molecule has 0 aliphatic carbocycles. The first-order valence-electron chi connectivity index (χ1n) is 5.95. The van der Waals surface area contributed by atoms with Crippen LogP contribution < -0.4 is 0 Å². The van der Waals surface area contributed by atoms with E-state index in [2.05, 4.69) is 6.07 Å². The monoisotopic (exact) mass is 244 g/mol. The molecule has 16 heavy (non-hydrogen) atoms. The first-order chi connectivity index (χ1) is 7.60. The summed E-state index contributed by atoms with van der Waals surface area (Å²) in [6.45, 7) is 3.01. The molecule has 0 spiro atoms. The van der Waals surface area contributed by atoms with E-state index in [0.29, 0.717) is 25.4 Å². The summed E-state index contributed by atoms with van der Waals surface area (Å²) in [6.07, 6.45) is 4.53. The summed E-state index contributed by atoms with van der Waals surface area (Å²) in [6, 6.07) is 2.14. The summed E-state index contributed by atoms with van der Waals surface area (Å²) in [5, 5.41) is 8.44. The highest BCUT2D eigenvalue weighted by Gasteiger charge is 2.26. The molecule has 1 rings (SSSR count). The second-order valence-electron chi connectivity index (χ2n) is 4.29. The van der Waals surface area contributed by atoms with Gasteiger partial charge in [-0.15, -0.1) is 0 Å². The molecule has 0 N–H and O–H groups in total. The Morgan fingerprint density at radius 1 is 1.38 bits per heavy atom.